The Morgan fingerprint density at radius 3 is 2.86 bits per heavy atom. The number of benzene rings is 1. The van der Waals surface area contributed by atoms with Crippen LogP contribution < -0.4 is 5.32 Å². The highest BCUT2D eigenvalue weighted by Gasteiger charge is 2.31. The smallest absolute Gasteiger partial charge is 0.405 e. The topological polar surface area (TPSA) is 69.6 Å². The summed E-state index contributed by atoms with van der Waals surface area (Å²) in [7, 11) is 0. The van der Waals surface area contributed by atoms with Crippen molar-refractivity contribution in [2.75, 3.05) is 0 Å². The van der Waals surface area contributed by atoms with Gasteiger partial charge in [0.2, 0.25) is 0 Å². The van der Waals surface area contributed by atoms with E-state index in [-0.39, 0.29) is 0 Å². The van der Waals surface area contributed by atoms with Crippen molar-refractivity contribution in [3.05, 3.63) is 35.4 Å². The molecule has 1 aliphatic carbocycles. The SMILES string of the molecule is O=C(O)NC1c2ccccc2C[C@H]1O. The second kappa shape index (κ2) is 3.31. The molecule has 1 aromatic rings. The first-order chi connectivity index (χ1) is 6.68. The second-order valence-corrected chi connectivity index (χ2v) is 3.40. The van der Waals surface area contributed by atoms with Crippen molar-refractivity contribution in [2.24, 2.45) is 0 Å². The van der Waals surface area contributed by atoms with Gasteiger partial charge in [-0.2, -0.15) is 0 Å². The molecule has 0 radical (unpaired) electrons. The molecule has 1 amide bonds. The van der Waals surface area contributed by atoms with Gasteiger partial charge >= 0.3 is 6.09 Å². The molecular formula is C10H11NO3. The van der Waals surface area contributed by atoms with Gasteiger partial charge in [0.05, 0.1) is 12.1 Å². The number of aliphatic hydroxyl groups is 1. The van der Waals surface area contributed by atoms with Crippen molar-refractivity contribution in [1.29, 1.82) is 0 Å². The zero-order valence-corrected chi connectivity index (χ0v) is 7.47. The number of fused-ring (bicyclic) bond motifs is 1. The van der Waals surface area contributed by atoms with E-state index in [4.69, 9.17) is 5.11 Å². The van der Waals surface area contributed by atoms with Crippen molar-refractivity contribution in [3.63, 3.8) is 0 Å². The Morgan fingerprint density at radius 1 is 1.43 bits per heavy atom. The van der Waals surface area contributed by atoms with E-state index in [0.29, 0.717) is 6.42 Å². The Kier molecular flexibility index (Phi) is 2.13. The summed E-state index contributed by atoms with van der Waals surface area (Å²) in [5, 5.41) is 20.5. The minimum Gasteiger partial charge on any atom is -0.465 e. The number of aliphatic hydroxyl groups excluding tert-OH is 1. The van der Waals surface area contributed by atoms with E-state index in [2.05, 4.69) is 5.32 Å². The van der Waals surface area contributed by atoms with Crippen LogP contribution in [0, 0.1) is 0 Å². The predicted molar refractivity (Wildman–Crippen MR) is 50.1 cm³/mol. The molecular weight excluding hydrogens is 182 g/mol. The summed E-state index contributed by atoms with van der Waals surface area (Å²) in [5.74, 6) is 0. The third-order valence-electron chi connectivity index (χ3n) is 2.48. The van der Waals surface area contributed by atoms with Crippen LogP contribution >= 0.6 is 0 Å². The lowest BCUT2D eigenvalue weighted by atomic mass is 10.1. The van der Waals surface area contributed by atoms with E-state index in [1.54, 1.807) is 0 Å². The summed E-state index contributed by atoms with van der Waals surface area (Å²) < 4.78 is 0. The predicted octanol–water partition coefficient (Wildman–Crippen LogP) is 0.912. The van der Waals surface area contributed by atoms with Crippen molar-refractivity contribution in [1.82, 2.24) is 5.32 Å². The van der Waals surface area contributed by atoms with Gasteiger partial charge in [-0.25, -0.2) is 4.79 Å². The van der Waals surface area contributed by atoms with Crippen LogP contribution in [-0.4, -0.2) is 22.4 Å². The van der Waals surface area contributed by atoms with Gasteiger partial charge in [-0.15, -0.1) is 0 Å². The van der Waals surface area contributed by atoms with Crippen LogP contribution in [0.3, 0.4) is 0 Å². The molecule has 74 valence electrons. The Labute approximate surface area is 81.2 Å². The van der Waals surface area contributed by atoms with E-state index >= 15 is 0 Å². The summed E-state index contributed by atoms with van der Waals surface area (Å²) in [6.45, 7) is 0. The van der Waals surface area contributed by atoms with Gasteiger partial charge in [-0.05, 0) is 11.1 Å². The number of hydrogen-bond donors (Lipinski definition) is 3. The maximum atomic E-state index is 10.5. The van der Waals surface area contributed by atoms with Gasteiger partial charge in [-0.3, -0.25) is 0 Å². The van der Waals surface area contributed by atoms with Crippen LogP contribution in [0.25, 0.3) is 0 Å². The Hall–Kier alpha value is -1.55. The first-order valence-corrected chi connectivity index (χ1v) is 4.44. The van der Waals surface area contributed by atoms with E-state index in [0.717, 1.165) is 11.1 Å². The molecule has 0 saturated carbocycles. The number of carboxylic acid groups (broad SMARTS) is 1. The van der Waals surface area contributed by atoms with Gasteiger partial charge in [-0.1, -0.05) is 24.3 Å². The molecule has 1 aromatic carbocycles. The van der Waals surface area contributed by atoms with E-state index in [1.165, 1.54) is 0 Å². The minimum atomic E-state index is -1.11. The minimum absolute atomic E-state index is 0.483. The molecule has 4 heteroatoms. The fourth-order valence-corrected chi connectivity index (χ4v) is 1.88. The normalized spacial score (nSPS) is 24.4. The van der Waals surface area contributed by atoms with Crippen LogP contribution in [0.4, 0.5) is 4.79 Å². The summed E-state index contributed by atoms with van der Waals surface area (Å²) in [6.07, 6.45) is -1.24. The van der Waals surface area contributed by atoms with Gasteiger partial charge in [0, 0.05) is 6.42 Å². The maximum absolute atomic E-state index is 10.5. The molecule has 2 rings (SSSR count). The Morgan fingerprint density at radius 2 is 2.14 bits per heavy atom. The lowest BCUT2D eigenvalue weighted by Gasteiger charge is -2.15. The molecule has 14 heavy (non-hydrogen) atoms. The third kappa shape index (κ3) is 1.44. The zero-order chi connectivity index (χ0) is 10.1. The lowest BCUT2D eigenvalue weighted by Crippen LogP contribution is -2.32. The van der Waals surface area contributed by atoms with Crippen LogP contribution in [0.15, 0.2) is 24.3 Å². The van der Waals surface area contributed by atoms with E-state index < -0.39 is 18.2 Å². The first kappa shape index (κ1) is 9.02. The highest BCUT2D eigenvalue weighted by molar-refractivity contribution is 5.66. The molecule has 4 nitrogen and oxygen atoms in total. The molecule has 0 heterocycles. The summed E-state index contributed by atoms with van der Waals surface area (Å²) in [5.41, 5.74) is 1.89. The molecule has 3 N–H and O–H groups in total. The number of carbonyl (C=O) groups is 1. The lowest BCUT2D eigenvalue weighted by molar-refractivity contribution is 0.131. The van der Waals surface area contributed by atoms with Crippen LogP contribution in [0.1, 0.15) is 17.2 Å². The van der Waals surface area contributed by atoms with E-state index in [1.807, 2.05) is 24.3 Å². The first-order valence-electron chi connectivity index (χ1n) is 4.44. The average Bonchev–Trinajstić information content (AvgIpc) is 2.43. The van der Waals surface area contributed by atoms with Gasteiger partial charge < -0.3 is 15.5 Å². The summed E-state index contributed by atoms with van der Waals surface area (Å²) in [6, 6.07) is 6.99. The number of hydrogen-bond acceptors (Lipinski definition) is 2. The average molecular weight is 193 g/mol. The largest absolute Gasteiger partial charge is 0.465 e. The zero-order valence-electron chi connectivity index (χ0n) is 7.47. The van der Waals surface area contributed by atoms with Gasteiger partial charge in [0.25, 0.3) is 0 Å². The van der Waals surface area contributed by atoms with Gasteiger partial charge in [0.15, 0.2) is 0 Å². The molecule has 2 atom stereocenters. The van der Waals surface area contributed by atoms with Crippen molar-refractivity contribution in [2.45, 2.75) is 18.6 Å². The molecule has 0 saturated heterocycles. The molecule has 0 fully saturated rings. The highest BCUT2D eigenvalue weighted by atomic mass is 16.4. The maximum Gasteiger partial charge on any atom is 0.405 e. The molecule has 0 bridgehead atoms. The van der Waals surface area contributed by atoms with Crippen molar-refractivity contribution < 1.29 is 15.0 Å². The van der Waals surface area contributed by atoms with Crippen molar-refractivity contribution in [3.8, 4) is 0 Å². The summed E-state index contributed by atoms with van der Waals surface area (Å²) >= 11 is 0. The second-order valence-electron chi connectivity index (χ2n) is 3.40. The molecule has 0 aromatic heterocycles. The summed E-state index contributed by atoms with van der Waals surface area (Å²) in [4.78, 5) is 10.5. The van der Waals surface area contributed by atoms with Gasteiger partial charge in [0.1, 0.15) is 0 Å². The molecule has 0 spiro atoms. The fraction of sp³-hybridized carbons (Fsp3) is 0.300. The van der Waals surface area contributed by atoms with Crippen LogP contribution in [0.5, 0.6) is 0 Å². The molecule has 1 unspecified atom stereocenters. The molecule has 0 aliphatic heterocycles. The van der Waals surface area contributed by atoms with Crippen LogP contribution in [0.2, 0.25) is 0 Å². The number of nitrogens with one attached hydrogen (secondary N) is 1. The third-order valence-corrected chi connectivity index (χ3v) is 2.48. The quantitative estimate of drug-likeness (QED) is 0.621. The number of amides is 1. The number of rotatable bonds is 1. The monoisotopic (exact) mass is 193 g/mol. The fourth-order valence-electron chi connectivity index (χ4n) is 1.88. The Balaban J connectivity index is 2.30. The standard InChI is InChI=1S/C10H11NO3/c12-8-5-6-3-1-2-4-7(6)9(8)11-10(13)14/h1-4,8-9,11-12H,5H2,(H,13,14)/t8-,9?/m1/s1. The van der Waals surface area contributed by atoms with E-state index in [9.17, 15) is 9.90 Å². The Bertz CT molecular complexity index is 364. The van der Waals surface area contributed by atoms with Crippen molar-refractivity contribution >= 4 is 6.09 Å². The van der Waals surface area contributed by atoms with Crippen LogP contribution in [-0.2, 0) is 6.42 Å². The highest BCUT2D eigenvalue weighted by Crippen LogP contribution is 2.30. The molecule has 1 aliphatic rings.